The summed E-state index contributed by atoms with van der Waals surface area (Å²) in [6, 6.07) is 0. The summed E-state index contributed by atoms with van der Waals surface area (Å²) in [5, 5.41) is 0. The quantitative estimate of drug-likeness (QED) is 0.635. The van der Waals surface area contributed by atoms with Crippen molar-refractivity contribution in [3.63, 3.8) is 0 Å². The Kier molecular flexibility index (Phi) is 3.69. The Balaban J connectivity index is 2.10. The fourth-order valence-electron chi connectivity index (χ4n) is 3.16. The molecule has 2 rings (SSSR count). The molecule has 2 aliphatic rings. The number of likely N-dealkylation sites (tertiary alicyclic amines) is 1. The van der Waals surface area contributed by atoms with Crippen molar-refractivity contribution in [2.75, 3.05) is 6.54 Å². The SMILES string of the molecule is CC(C)(CN1C(=O)CC2(CCCC2)CC1=O)C(N)=S. The highest BCUT2D eigenvalue weighted by atomic mass is 32.1. The molecule has 2 amide bonds. The average molecular weight is 282 g/mol. The number of rotatable bonds is 3. The lowest BCUT2D eigenvalue weighted by Gasteiger charge is -2.40. The molecule has 0 unspecified atom stereocenters. The molecule has 1 saturated carbocycles. The first-order chi connectivity index (χ1) is 8.76. The van der Waals surface area contributed by atoms with E-state index < -0.39 is 5.41 Å². The molecule has 5 heteroatoms. The zero-order valence-corrected chi connectivity index (χ0v) is 12.5. The van der Waals surface area contributed by atoms with Crippen LogP contribution in [0.15, 0.2) is 0 Å². The summed E-state index contributed by atoms with van der Waals surface area (Å²) in [7, 11) is 0. The second-order valence-corrected chi connectivity index (χ2v) is 7.12. The van der Waals surface area contributed by atoms with Crippen LogP contribution < -0.4 is 5.73 Å². The summed E-state index contributed by atoms with van der Waals surface area (Å²) >= 11 is 5.01. The van der Waals surface area contributed by atoms with Gasteiger partial charge in [-0.3, -0.25) is 14.5 Å². The molecular formula is C14H22N2O2S. The Labute approximate surface area is 119 Å². The Hall–Kier alpha value is -0.970. The number of nitrogens with zero attached hydrogens (tertiary/aromatic N) is 1. The van der Waals surface area contributed by atoms with Crippen LogP contribution in [0.2, 0.25) is 0 Å². The lowest BCUT2D eigenvalue weighted by atomic mass is 9.76. The van der Waals surface area contributed by atoms with Crippen LogP contribution in [0.1, 0.15) is 52.4 Å². The molecule has 0 aromatic carbocycles. The molecule has 1 spiro atoms. The van der Waals surface area contributed by atoms with E-state index in [-0.39, 0.29) is 17.2 Å². The van der Waals surface area contributed by atoms with Gasteiger partial charge >= 0.3 is 0 Å². The van der Waals surface area contributed by atoms with Crippen molar-refractivity contribution in [3.05, 3.63) is 0 Å². The van der Waals surface area contributed by atoms with E-state index in [0.717, 1.165) is 25.7 Å². The number of hydrogen-bond acceptors (Lipinski definition) is 3. The van der Waals surface area contributed by atoms with E-state index in [1.165, 1.54) is 4.90 Å². The first kappa shape index (κ1) is 14.4. The number of amides is 2. The van der Waals surface area contributed by atoms with E-state index in [9.17, 15) is 9.59 Å². The third-order valence-corrected chi connectivity index (χ3v) is 5.09. The van der Waals surface area contributed by atoms with Crippen LogP contribution in [-0.2, 0) is 9.59 Å². The van der Waals surface area contributed by atoms with Crippen LogP contribution in [0.25, 0.3) is 0 Å². The summed E-state index contributed by atoms with van der Waals surface area (Å²) in [6.07, 6.45) is 5.31. The van der Waals surface area contributed by atoms with E-state index in [2.05, 4.69) is 0 Å². The lowest BCUT2D eigenvalue weighted by molar-refractivity contribution is -0.154. The third kappa shape index (κ3) is 2.81. The number of nitrogens with two attached hydrogens (primary N) is 1. The van der Waals surface area contributed by atoms with E-state index in [0.29, 0.717) is 24.4 Å². The van der Waals surface area contributed by atoms with Gasteiger partial charge in [-0.05, 0) is 18.3 Å². The molecule has 4 nitrogen and oxygen atoms in total. The second-order valence-electron chi connectivity index (χ2n) is 6.68. The maximum absolute atomic E-state index is 12.3. The molecule has 2 N–H and O–H groups in total. The number of imide groups is 1. The normalized spacial score (nSPS) is 23.2. The van der Waals surface area contributed by atoms with E-state index >= 15 is 0 Å². The van der Waals surface area contributed by atoms with Crippen LogP contribution in [0, 0.1) is 10.8 Å². The Morgan fingerprint density at radius 2 is 1.74 bits per heavy atom. The van der Waals surface area contributed by atoms with Gasteiger partial charge in [-0.1, -0.05) is 38.9 Å². The predicted molar refractivity (Wildman–Crippen MR) is 77.4 cm³/mol. The smallest absolute Gasteiger partial charge is 0.229 e. The van der Waals surface area contributed by atoms with Crippen molar-refractivity contribution >= 4 is 29.0 Å². The van der Waals surface area contributed by atoms with Crippen LogP contribution in [0.3, 0.4) is 0 Å². The number of carbonyl (C=O) groups is 2. The predicted octanol–water partition coefficient (Wildman–Crippen LogP) is 2.01. The van der Waals surface area contributed by atoms with Gasteiger partial charge in [0, 0.05) is 24.8 Å². The second kappa shape index (κ2) is 4.85. The first-order valence-electron chi connectivity index (χ1n) is 6.89. The molecule has 1 aliphatic carbocycles. The van der Waals surface area contributed by atoms with Gasteiger partial charge in [0.15, 0.2) is 0 Å². The van der Waals surface area contributed by atoms with Gasteiger partial charge in [0.05, 0.1) is 4.99 Å². The van der Waals surface area contributed by atoms with E-state index in [1.54, 1.807) is 0 Å². The van der Waals surface area contributed by atoms with Crippen LogP contribution in [-0.4, -0.2) is 28.2 Å². The molecule has 0 radical (unpaired) electrons. The highest BCUT2D eigenvalue weighted by molar-refractivity contribution is 7.80. The summed E-state index contributed by atoms with van der Waals surface area (Å²) < 4.78 is 0. The Bertz CT molecular complexity index is 405. The summed E-state index contributed by atoms with van der Waals surface area (Å²) in [4.78, 5) is 26.3. The maximum atomic E-state index is 12.3. The standard InChI is InChI=1S/C14H22N2O2S/c1-13(2,12(15)19)9-16-10(17)7-14(8-11(16)18)5-3-4-6-14/h3-9H2,1-2H3,(H2,15,19). The first-order valence-corrected chi connectivity index (χ1v) is 7.30. The van der Waals surface area contributed by atoms with Crippen molar-refractivity contribution in [1.29, 1.82) is 0 Å². The van der Waals surface area contributed by atoms with Gasteiger partial charge in [-0.2, -0.15) is 0 Å². The van der Waals surface area contributed by atoms with Crippen molar-refractivity contribution in [2.24, 2.45) is 16.6 Å². The minimum atomic E-state index is -0.499. The molecule has 0 atom stereocenters. The van der Waals surface area contributed by atoms with Gasteiger partial charge in [0.25, 0.3) is 0 Å². The molecule has 1 heterocycles. The van der Waals surface area contributed by atoms with Gasteiger partial charge in [-0.25, -0.2) is 0 Å². The number of hydrogen-bond donors (Lipinski definition) is 1. The van der Waals surface area contributed by atoms with E-state index in [4.69, 9.17) is 18.0 Å². The number of piperidine rings is 1. The van der Waals surface area contributed by atoms with Crippen molar-refractivity contribution in [3.8, 4) is 0 Å². The molecule has 1 saturated heterocycles. The minimum absolute atomic E-state index is 0.0436. The Morgan fingerprint density at radius 1 is 1.26 bits per heavy atom. The summed E-state index contributed by atoms with van der Waals surface area (Å²) in [6.45, 7) is 4.04. The minimum Gasteiger partial charge on any atom is -0.393 e. The van der Waals surface area contributed by atoms with Crippen LogP contribution in [0.4, 0.5) is 0 Å². The highest BCUT2D eigenvalue weighted by Gasteiger charge is 2.46. The molecule has 106 valence electrons. The zero-order chi connectivity index (χ0) is 14.3. The molecular weight excluding hydrogens is 260 g/mol. The van der Waals surface area contributed by atoms with Crippen LogP contribution >= 0.6 is 12.2 Å². The largest absolute Gasteiger partial charge is 0.393 e. The van der Waals surface area contributed by atoms with Gasteiger partial charge in [0.1, 0.15) is 0 Å². The average Bonchev–Trinajstić information content (AvgIpc) is 2.71. The molecule has 1 aliphatic heterocycles. The topological polar surface area (TPSA) is 63.4 Å². The molecule has 2 fully saturated rings. The molecule has 19 heavy (non-hydrogen) atoms. The monoisotopic (exact) mass is 282 g/mol. The molecule has 0 bridgehead atoms. The van der Waals surface area contributed by atoms with Crippen molar-refractivity contribution in [2.45, 2.75) is 52.4 Å². The van der Waals surface area contributed by atoms with Crippen LogP contribution in [0.5, 0.6) is 0 Å². The molecule has 0 aromatic heterocycles. The van der Waals surface area contributed by atoms with Crippen molar-refractivity contribution in [1.82, 2.24) is 4.90 Å². The third-order valence-electron chi connectivity index (χ3n) is 4.54. The number of thiocarbonyl (C=S) groups is 1. The highest BCUT2D eigenvalue weighted by Crippen LogP contribution is 2.47. The van der Waals surface area contributed by atoms with Gasteiger partial charge in [0.2, 0.25) is 11.8 Å². The lowest BCUT2D eigenvalue weighted by Crippen LogP contribution is -2.52. The van der Waals surface area contributed by atoms with Gasteiger partial charge in [-0.15, -0.1) is 0 Å². The Morgan fingerprint density at radius 3 is 2.16 bits per heavy atom. The maximum Gasteiger partial charge on any atom is 0.229 e. The number of carbonyl (C=O) groups excluding carboxylic acids is 2. The summed E-state index contributed by atoms with van der Waals surface area (Å²) in [5.74, 6) is -0.107. The zero-order valence-electron chi connectivity index (χ0n) is 11.7. The van der Waals surface area contributed by atoms with Crippen molar-refractivity contribution < 1.29 is 9.59 Å². The molecule has 0 aromatic rings. The van der Waals surface area contributed by atoms with E-state index in [1.807, 2.05) is 13.8 Å². The fourth-order valence-corrected chi connectivity index (χ4v) is 3.23. The van der Waals surface area contributed by atoms with Gasteiger partial charge < -0.3 is 5.73 Å². The summed E-state index contributed by atoms with van der Waals surface area (Å²) in [5.41, 5.74) is 5.13. The fraction of sp³-hybridized carbons (Fsp3) is 0.786.